The first-order chi connectivity index (χ1) is 22.2. The molecule has 1 heterocycles. The lowest BCUT2D eigenvalue weighted by molar-refractivity contribution is -0.123. The molecule has 9 nitrogen and oxygen atoms in total. The molecule has 0 radical (unpaired) electrons. The summed E-state index contributed by atoms with van der Waals surface area (Å²) in [4.78, 5) is 34.5. The number of nitrogens with zero attached hydrogens (tertiary/aromatic N) is 2. The molecule has 0 bridgehead atoms. The summed E-state index contributed by atoms with van der Waals surface area (Å²) in [5.74, 6) is -0.724. The molecule has 0 saturated carbocycles. The van der Waals surface area contributed by atoms with Crippen molar-refractivity contribution in [2.45, 2.75) is 36.6 Å². The van der Waals surface area contributed by atoms with Gasteiger partial charge < -0.3 is 15.5 Å². The number of benzene rings is 4. The summed E-state index contributed by atoms with van der Waals surface area (Å²) < 4.78 is 28.5. The number of para-hydroxylation sites is 1. The molecule has 2 N–H and O–H groups in total. The molecule has 4 aromatic rings. The lowest BCUT2D eigenvalue weighted by Crippen LogP contribution is -2.51. The van der Waals surface area contributed by atoms with Crippen LogP contribution in [-0.2, 0) is 21.2 Å². The SMILES string of the molecule is O=C(NC(Cc1ccccc1)C(=O)NCN1CCCCC1)c1ccc(S(=O)(=O)N(Oc2ccc(Cl)cc2Cl)c2ccccc2)cc1. The highest BCUT2D eigenvalue weighted by Gasteiger charge is 2.29. The van der Waals surface area contributed by atoms with Crippen LogP contribution in [-0.4, -0.2) is 50.9 Å². The first-order valence-electron chi connectivity index (χ1n) is 14.9. The van der Waals surface area contributed by atoms with Gasteiger partial charge >= 0.3 is 0 Å². The number of nitrogens with one attached hydrogen (secondary N) is 2. The predicted octanol–water partition coefficient (Wildman–Crippen LogP) is 6.08. The number of anilines is 1. The number of hydrogen-bond donors (Lipinski definition) is 2. The van der Waals surface area contributed by atoms with Crippen molar-refractivity contribution >= 4 is 50.7 Å². The second-order valence-electron chi connectivity index (χ2n) is 10.9. The number of hydrogen-bond acceptors (Lipinski definition) is 6. The molecule has 1 fully saturated rings. The van der Waals surface area contributed by atoms with Gasteiger partial charge in [0, 0.05) is 17.0 Å². The van der Waals surface area contributed by atoms with Crippen LogP contribution in [0.2, 0.25) is 10.0 Å². The Labute approximate surface area is 279 Å². The highest BCUT2D eigenvalue weighted by Crippen LogP contribution is 2.32. The Hall–Kier alpha value is -4.09. The van der Waals surface area contributed by atoms with E-state index in [-0.39, 0.29) is 32.8 Å². The van der Waals surface area contributed by atoms with E-state index in [1.807, 2.05) is 30.3 Å². The quantitative estimate of drug-likeness (QED) is 0.176. The van der Waals surface area contributed by atoms with Crippen LogP contribution in [0.1, 0.15) is 35.2 Å². The highest BCUT2D eigenvalue weighted by atomic mass is 35.5. The van der Waals surface area contributed by atoms with Crippen molar-refractivity contribution in [2.24, 2.45) is 0 Å². The highest BCUT2D eigenvalue weighted by molar-refractivity contribution is 7.92. The Bertz CT molecular complexity index is 1740. The standard InChI is InChI=1S/C34H34Cl2N4O5S/c35-27-16-19-32(30(36)23-27)45-40(28-12-6-2-7-13-28)46(43,44)29-17-14-26(15-18-29)33(41)38-31(22-25-10-4-1-5-11-25)34(42)37-24-39-20-8-3-9-21-39/h1-2,4-7,10-19,23,31H,3,8-9,20-22,24H2,(H,37,42)(H,38,41). The zero-order chi connectivity index (χ0) is 32.5. The maximum atomic E-state index is 13.8. The number of halogens is 2. The molecule has 5 rings (SSSR count). The van der Waals surface area contributed by atoms with Gasteiger partial charge in [-0.05, 0) is 86.1 Å². The molecule has 1 unspecified atom stereocenters. The minimum absolute atomic E-state index is 0.0810. The molecule has 1 saturated heterocycles. The molecule has 2 amide bonds. The van der Waals surface area contributed by atoms with E-state index < -0.39 is 22.0 Å². The Morgan fingerprint density at radius 1 is 0.848 bits per heavy atom. The summed E-state index contributed by atoms with van der Waals surface area (Å²) in [5, 5.41) is 6.30. The molecule has 0 spiro atoms. The van der Waals surface area contributed by atoms with Crippen LogP contribution in [0, 0.1) is 0 Å². The van der Waals surface area contributed by atoms with E-state index in [0.717, 1.165) is 36.0 Å². The van der Waals surface area contributed by atoms with Crippen molar-refractivity contribution in [3.8, 4) is 5.75 Å². The van der Waals surface area contributed by atoms with Crippen LogP contribution in [0.15, 0.2) is 108 Å². The van der Waals surface area contributed by atoms with Crippen molar-refractivity contribution in [3.05, 3.63) is 124 Å². The van der Waals surface area contributed by atoms with Gasteiger partial charge in [0.15, 0.2) is 5.75 Å². The fourth-order valence-electron chi connectivity index (χ4n) is 5.03. The third kappa shape index (κ3) is 8.58. The van der Waals surface area contributed by atoms with Crippen LogP contribution >= 0.6 is 23.2 Å². The molecule has 46 heavy (non-hydrogen) atoms. The summed E-state index contributed by atoms with van der Waals surface area (Å²) in [6.45, 7) is 2.25. The topological polar surface area (TPSA) is 108 Å². The summed E-state index contributed by atoms with van der Waals surface area (Å²) >= 11 is 12.3. The molecular formula is C34H34Cl2N4O5S. The second-order valence-corrected chi connectivity index (χ2v) is 13.4. The zero-order valence-corrected chi connectivity index (χ0v) is 27.3. The molecule has 0 aromatic heterocycles. The number of piperidine rings is 1. The predicted molar refractivity (Wildman–Crippen MR) is 179 cm³/mol. The maximum Gasteiger partial charge on any atom is 0.295 e. The van der Waals surface area contributed by atoms with Gasteiger partial charge in [0.25, 0.3) is 15.9 Å². The monoisotopic (exact) mass is 680 g/mol. The second kappa shape index (κ2) is 15.5. The summed E-state index contributed by atoms with van der Waals surface area (Å²) in [6, 6.07) is 26.7. The number of carbonyl (C=O) groups excluding carboxylic acids is 2. The molecule has 1 aliphatic heterocycles. The van der Waals surface area contributed by atoms with Crippen LogP contribution in [0.5, 0.6) is 5.75 Å². The molecule has 1 aliphatic rings. The third-order valence-corrected chi connectivity index (χ3v) is 9.63. The van der Waals surface area contributed by atoms with Gasteiger partial charge in [-0.1, -0.05) is 82.6 Å². The van der Waals surface area contributed by atoms with E-state index in [2.05, 4.69) is 15.5 Å². The van der Waals surface area contributed by atoms with E-state index in [1.54, 1.807) is 30.3 Å². The normalized spacial score (nSPS) is 14.2. The van der Waals surface area contributed by atoms with Crippen LogP contribution in [0.4, 0.5) is 5.69 Å². The Morgan fingerprint density at radius 3 is 2.15 bits per heavy atom. The van der Waals surface area contributed by atoms with E-state index in [1.165, 1.54) is 48.9 Å². The van der Waals surface area contributed by atoms with Gasteiger partial charge in [0.2, 0.25) is 5.91 Å². The van der Waals surface area contributed by atoms with Crippen molar-refractivity contribution in [1.29, 1.82) is 0 Å². The van der Waals surface area contributed by atoms with E-state index in [4.69, 9.17) is 28.0 Å². The third-order valence-electron chi connectivity index (χ3n) is 7.50. The van der Waals surface area contributed by atoms with Crippen LogP contribution in [0.25, 0.3) is 0 Å². The van der Waals surface area contributed by atoms with Gasteiger partial charge in [-0.25, -0.2) is 0 Å². The van der Waals surface area contributed by atoms with Gasteiger partial charge in [-0.2, -0.15) is 8.42 Å². The van der Waals surface area contributed by atoms with Crippen LogP contribution in [0.3, 0.4) is 0 Å². The molecule has 12 heteroatoms. The number of rotatable bonds is 12. The summed E-state index contributed by atoms with van der Waals surface area (Å²) in [5.41, 5.74) is 1.31. The molecule has 0 aliphatic carbocycles. The first-order valence-corrected chi connectivity index (χ1v) is 17.1. The van der Waals surface area contributed by atoms with E-state index in [0.29, 0.717) is 18.1 Å². The zero-order valence-electron chi connectivity index (χ0n) is 24.9. The summed E-state index contributed by atoms with van der Waals surface area (Å²) in [6.07, 6.45) is 3.67. The van der Waals surface area contributed by atoms with Gasteiger partial charge in [-0.15, -0.1) is 0 Å². The van der Waals surface area contributed by atoms with E-state index >= 15 is 0 Å². The summed E-state index contributed by atoms with van der Waals surface area (Å²) in [7, 11) is -4.30. The smallest absolute Gasteiger partial charge is 0.295 e. The number of sulfonamides is 1. The Morgan fingerprint density at radius 2 is 1.50 bits per heavy atom. The fraction of sp³-hybridized carbons (Fsp3) is 0.235. The van der Waals surface area contributed by atoms with Gasteiger partial charge in [0.05, 0.1) is 22.3 Å². The minimum Gasteiger partial charge on any atom is -0.363 e. The number of amides is 2. The first kappa shape index (κ1) is 33.3. The molecule has 1 atom stereocenters. The lowest BCUT2D eigenvalue weighted by atomic mass is 10.0. The number of carbonyl (C=O) groups is 2. The Kier molecular flexibility index (Phi) is 11.2. The average Bonchev–Trinajstić information content (AvgIpc) is 3.08. The van der Waals surface area contributed by atoms with Gasteiger partial charge in [0.1, 0.15) is 6.04 Å². The maximum absolute atomic E-state index is 13.8. The number of likely N-dealkylation sites (tertiary alicyclic amines) is 1. The minimum atomic E-state index is -4.30. The van der Waals surface area contributed by atoms with Crippen LogP contribution < -0.4 is 19.9 Å². The van der Waals surface area contributed by atoms with Crippen molar-refractivity contribution in [1.82, 2.24) is 15.5 Å². The largest absolute Gasteiger partial charge is 0.363 e. The molecular weight excluding hydrogens is 647 g/mol. The fourth-order valence-corrected chi connectivity index (χ4v) is 6.73. The average molecular weight is 682 g/mol. The van der Waals surface area contributed by atoms with Gasteiger partial charge in [-0.3, -0.25) is 14.5 Å². The van der Waals surface area contributed by atoms with Crippen molar-refractivity contribution in [3.63, 3.8) is 0 Å². The van der Waals surface area contributed by atoms with Crippen molar-refractivity contribution < 1.29 is 22.8 Å². The lowest BCUT2D eigenvalue weighted by Gasteiger charge is -2.27. The van der Waals surface area contributed by atoms with Crippen molar-refractivity contribution in [2.75, 3.05) is 24.2 Å². The molecule has 240 valence electrons. The molecule has 4 aromatic carbocycles. The van der Waals surface area contributed by atoms with E-state index in [9.17, 15) is 18.0 Å². The Balaban J connectivity index is 1.33.